The molecular weight excluding hydrogens is 342 g/mol. The summed E-state index contributed by atoms with van der Waals surface area (Å²) in [6.07, 6.45) is 15.0. The average Bonchev–Trinajstić information content (AvgIpc) is 2.72. The fraction of sp³-hybridized carbons (Fsp3) is 0.769. The van der Waals surface area contributed by atoms with Crippen molar-refractivity contribution in [3.8, 4) is 0 Å². The standard InChI is InChI=1S/C26H47NO/c1-7-11-13-14-15-16-17-21-27(25(6)24(5)9-3)22-19-20-26(10-4)28-23-18-12-8-2/h25H,3-4,7-8,11-23H2,1-2,5-6H3. The number of nitrogens with zero attached hydrogens (tertiary/aromatic N) is 1. The first-order valence-electron chi connectivity index (χ1n) is 11.7. The van der Waals surface area contributed by atoms with Crippen LogP contribution in [-0.2, 0) is 4.74 Å². The molecule has 0 bridgehead atoms. The van der Waals surface area contributed by atoms with E-state index >= 15 is 0 Å². The summed E-state index contributed by atoms with van der Waals surface area (Å²) in [4.78, 5) is 2.58. The highest BCUT2D eigenvalue weighted by Crippen LogP contribution is 2.15. The van der Waals surface area contributed by atoms with Gasteiger partial charge in [-0.15, -0.1) is 5.73 Å². The van der Waals surface area contributed by atoms with Crippen molar-refractivity contribution in [3.05, 3.63) is 36.0 Å². The first-order chi connectivity index (χ1) is 13.6. The molecule has 0 saturated carbocycles. The molecule has 0 heterocycles. The van der Waals surface area contributed by atoms with Gasteiger partial charge in [0.2, 0.25) is 0 Å². The molecule has 1 atom stereocenters. The highest BCUT2D eigenvalue weighted by molar-refractivity contribution is 5.04. The molecule has 0 fully saturated rings. The van der Waals surface area contributed by atoms with Crippen molar-refractivity contribution in [2.75, 3.05) is 19.7 Å². The van der Waals surface area contributed by atoms with Crippen molar-refractivity contribution >= 4 is 0 Å². The number of hydrogen-bond donors (Lipinski definition) is 0. The third kappa shape index (κ3) is 13.9. The van der Waals surface area contributed by atoms with Crippen molar-refractivity contribution < 1.29 is 4.74 Å². The van der Waals surface area contributed by atoms with Crippen molar-refractivity contribution in [2.24, 2.45) is 0 Å². The van der Waals surface area contributed by atoms with Crippen LogP contribution >= 0.6 is 0 Å². The van der Waals surface area contributed by atoms with E-state index in [-0.39, 0.29) is 0 Å². The van der Waals surface area contributed by atoms with Gasteiger partial charge in [0.15, 0.2) is 0 Å². The predicted octanol–water partition coefficient (Wildman–Crippen LogP) is 7.81. The Bertz CT molecular complexity index is 469. The lowest BCUT2D eigenvalue weighted by molar-refractivity contribution is 0.184. The summed E-state index contributed by atoms with van der Waals surface area (Å²) in [5.41, 5.74) is 7.32. The molecule has 0 aliphatic rings. The molecule has 1 unspecified atom stereocenters. The maximum absolute atomic E-state index is 5.85. The Morgan fingerprint density at radius 2 is 1.39 bits per heavy atom. The van der Waals surface area contributed by atoms with Crippen molar-refractivity contribution in [2.45, 2.75) is 111 Å². The second kappa shape index (κ2) is 19.1. The lowest BCUT2D eigenvalue weighted by atomic mass is 10.1. The molecule has 0 spiro atoms. The molecule has 162 valence electrons. The van der Waals surface area contributed by atoms with Crippen LogP contribution in [0.2, 0.25) is 0 Å². The quantitative estimate of drug-likeness (QED) is 0.127. The number of ether oxygens (including phenoxy) is 1. The summed E-state index contributed by atoms with van der Waals surface area (Å²) in [5, 5.41) is 0. The van der Waals surface area contributed by atoms with E-state index in [1.54, 1.807) is 0 Å². The SMILES string of the molecule is C=C=C(CCCN(CCCCCCCCC)C(C)C(C)=C=C)OCCCCC. The van der Waals surface area contributed by atoms with Gasteiger partial charge in [-0.2, -0.15) is 0 Å². The molecule has 0 saturated heterocycles. The molecule has 0 aromatic carbocycles. The van der Waals surface area contributed by atoms with E-state index in [2.05, 4.69) is 57.2 Å². The van der Waals surface area contributed by atoms with Gasteiger partial charge in [-0.25, -0.2) is 0 Å². The van der Waals surface area contributed by atoms with Crippen LogP contribution in [-0.4, -0.2) is 30.6 Å². The summed E-state index contributed by atoms with van der Waals surface area (Å²) in [6, 6.07) is 0.402. The monoisotopic (exact) mass is 389 g/mol. The van der Waals surface area contributed by atoms with Crippen LogP contribution in [0.4, 0.5) is 0 Å². The molecule has 2 heteroatoms. The Morgan fingerprint density at radius 3 is 2.00 bits per heavy atom. The highest BCUT2D eigenvalue weighted by atomic mass is 16.5. The van der Waals surface area contributed by atoms with E-state index in [1.807, 2.05) is 0 Å². The zero-order valence-electron chi connectivity index (χ0n) is 19.5. The van der Waals surface area contributed by atoms with Crippen molar-refractivity contribution in [1.29, 1.82) is 0 Å². The molecule has 28 heavy (non-hydrogen) atoms. The molecule has 0 aromatic rings. The number of rotatable bonds is 19. The Balaban J connectivity index is 4.34. The molecular formula is C26H47NO. The van der Waals surface area contributed by atoms with Crippen LogP contribution < -0.4 is 0 Å². The summed E-state index contributed by atoms with van der Waals surface area (Å²) in [5.74, 6) is 0.926. The van der Waals surface area contributed by atoms with E-state index < -0.39 is 0 Å². The maximum atomic E-state index is 5.85. The maximum Gasteiger partial charge on any atom is 0.138 e. The normalized spacial score (nSPS) is 11.8. The zero-order valence-corrected chi connectivity index (χ0v) is 19.5. The Labute approximate surface area is 176 Å². The molecule has 0 amide bonds. The lowest BCUT2D eigenvalue weighted by Crippen LogP contribution is -2.35. The van der Waals surface area contributed by atoms with Gasteiger partial charge in [0.25, 0.3) is 0 Å². The number of allylic oxidation sites excluding steroid dienone is 1. The lowest BCUT2D eigenvalue weighted by Gasteiger charge is -2.29. The van der Waals surface area contributed by atoms with E-state index in [4.69, 9.17) is 4.74 Å². The molecule has 2 nitrogen and oxygen atoms in total. The minimum atomic E-state index is 0.402. The summed E-state index contributed by atoms with van der Waals surface area (Å²) in [7, 11) is 0. The smallest absolute Gasteiger partial charge is 0.138 e. The van der Waals surface area contributed by atoms with Crippen LogP contribution in [0.25, 0.3) is 0 Å². The van der Waals surface area contributed by atoms with Gasteiger partial charge in [0, 0.05) is 12.5 Å². The molecule has 0 radical (unpaired) electrons. The number of unbranched alkanes of at least 4 members (excludes halogenated alkanes) is 8. The van der Waals surface area contributed by atoms with Crippen molar-refractivity contribution in [1.82, 2.24) is 4.90 Å². The molecule has 0 aliphatic carbocycles. The zero-order chi connectivity index (χ0) is 21.0. The fourth-order valence-electron chi connectivity index (χ4n) is 3.39. The molecule has 0 aliphatic heterocycles. The Hall–Kier alpha value is -1.20. The fourth-order valence-corrected chi connectivity index (χ4v) is 3.39. The van der Waals surface area contributed by atoms with Gasteiger partial charge < -0.3 is 4.74 Å². The second-order valence-corrected chi connectivity index (χ2v) is 7.95. The van der Waals surface area contributed by atoms with Gasteiger partial charge in [0.05, 0.1) is 6.61 Å². The largest absolute Gasteiger partial charge is 0.490 e. The summed E-state index contributed by atoms with van der Waals surface area (Å²) >= 11 is 0. The van der Waals surface area contributed by atoms with Gasteiger partial charge in [-0.05, 0) is 51.8 Å². The summed E-state index contributed by atoms with van der Waals surface area (Å²) in [6.45, 7) is 19.6. The third-order valence-electron chi connectivity index (χ3n) is 5.57. The molecule has 0 N–H and O–H groups in total. The van der Waals surface area contributed by atoms with E-state index in [0.29, 0.717) is 6.04 Å². The second-order valence-electron chi connectivity index (χ2n) is 7.95. The van der Waals surface area contributed by atoms with Gasteiger partial charge in [-0.3, -0.25) is 4.90 Å². The predicted molar refractivity (Wildman–Crippen MR) is 125 cm³/mol. The minimum absolute atomic E-state index is 0.402. The highest BCUT2D eigenvalue weighted by Gasteiger charge is 2.15. The van der Waals surface area contributed by atoms with Crippen LogP contribution in [0.3, 0.4) is 0 Å². The van der Waals surface area contributed by atoms with E-state index in [9.17, 15) is 0 Å². The minimum Gasteiger partial charge on any atom is -0.490 e. The summed E-state index contributed by atoms with van der Waals surface area (Å²) < 4.78 is 5.85. The number of hydrogen-bond acceptors (Lipinski definition) is 2. The average molecular weight is 390 g/mol. The molecule has 0 aromatic heterocycles. The topological polar surface area (TPSA) is 12.5 Å². The van der Waals surface area contributed by atoms with Gasteiger partial charge in [0.1, 0.15) is 5.76 Å². The van der Waals surface area contributed by atoms with Crippen LogP contribution in [0.1, 0.15) is 105 Å². The van der Waals surface area contributed by atoms with E-state index in [1.165, 1.54) is 63.4 Å². The van der Waals surface area contributed by atoms with Crippen molar-refractivity contribution in [3.63, 3.8) is 0 Å². The van der Waals surface area contributed by atoms with Gasteiger partial charge >= 0.3 is 0 Å². The van der Waals surface area contributed by atoms with Crippen LogP contribution in [0, 0.1) is 0 Å². The Morgan fingerprint density at radius 1 is 0.821 bits per heavy atom. The first kappa shape index (κ1) is 26.8. The molecule has 0 rings (SSSR count). The Kier molecular flexibility index (Phi) is 18.3. The van der Waals surface area contributed by atoms with E-state index in [0.717, 1.165) is 44.7 Å². The van der Waals surface area contributed by atoms with Crippen LogP contribution in [0.5, 0.6) is 0 Å². The third-order valence-corrected chi connectivity index (χ3v) is 5.57. The van der Waals surface area contributed by atoms with Gasteiger partial charge in [-0.1, -0.05) is 84.1 Å². The van der Waals surface area contributed by atoms with Crippen LogP contribution in [0.15, 0.2) is 36.0 Å². The first-order valence-corrected chi connectivity index (χ1v) is 11.7.